The smallest absolute Gasteiger partial charge is 0.254 e. The Balaban J connectivity index is 1.70. The third-order valence-electron chi connectivity index (χ3n) is 2.42. The molecule has 19 heavy (non-hydrogen) atoms. The second kappa shape index (κ2) is 7.16. The Hall–Kier alpha value is -1.53. The zero-order valence-corrected chi connectivity index (χ0v) is 11.9. The fourth-order valence-electron chi connectivity index (χ4n) is 1.50. The number of carbonyl (C=O) groups is 1. The SMILES string of the molecule is O=C(NCCSCc1ccco1)c1ccc[nH]c1=S. The Morgan fingerprint density at radius 1 is 1.42 bits per heavy atom. The number of rotatable bonds is 6. The van der Waals surface area contributed by atoms with Crippen LogP contribution in [0.1, 0.15) is 16.1 Å². The van der Waals surface area contributed by atoms with Crippen molar-refractivity contribution in [3.05, 3.63) is 52.7 Å². The quantitative estimate of drug-likeness (QED) is 0.635. The lowest BCUT2D eigenvalue weighted by Gasteiger charge is -2.04. The second-order valence-electron chi connectivity index (χ2n) is 3.80. The van der Waals surface area contributed by atoms with Crippen LogP contribution in [0, 0.1) is 4.64 Å². The van der Waals surface area contributed by atoms with Crippen LogP contribution in [-0.2, 0) is 5.75 Å². The van der Waals surface area contributed by atoms with Crippen LogP contribution >= 0.6 is 24.0 Å². The summed E-state index contributed by atoms with van der Waals surface area (Å²) in [5, 5.41) is 2.84. The van der Waals surface area contributed by atoms with Gasteiger partial charge in [-0.05, 0) is 24.3 Å². The van der Waals surface area contributed by atoms with Gasteiger partial charge in [-0.3, -0.25) is 4.79 Å². The van der Waals surface area contributed by atoms with Gasteiger partial charge in [0.2, 0.25) is 0 Å². The van der Waals surface area contributed by atoms with Crippen molar-refractivity contribution in [1.82, 2.24) is 10.3 Å². The minimum Gasteiger partial charge on any atom is -0.468 e. The van der Waals surface area contributed by atoms with Gasteiger partial charge in [-0.15, -0.1) is 0 Å². The number of aromatic amines is 1. The van der Waals surface area contributed by atoms with Crippen LogP contribution in [0.25, 0.3) is 0 Å². The Bertz CT molecular complexity index is 578. The first-order valence-electron chi connectivity index (χ1n) is 5.83. The normalized spacial score (nSPS) is 10.3. The molecule has 0 spiro atoms. The predicted molar refractivity (Wildman–Crippen MR) is 78.8 cm³/mol. The molecule has 2 rings (SSSR count). The highest BCUT2D eigenvalue weighted by molar-refractivity contribution is 7.98. The van der Waals surface area contributed by atoms with Crippen LogP contribution in [0.5, 0.6) is 0 Å². The number of pyridine rings is 1. The molecule has 0 aliphatic rings. The van der Waals surface area contributed by atoms with Crippen molar-refractivity contribution in [3.63, 3.8) is 0 Å². The lowest BCUT2D eigenvalue weighted by Crippen LogP contribution is -2.26. The first-order valence-corrected chi connectivity index (χ1v) is 7.39. The van der Waals surface area contributed by atoms with Crippen molar-refractivity contribution in [2.24, 2.45) is 0 Å². The molecule has 2 heterocycles. The van der Waals surface area contributed by atoms with E-state index in [-0.39, 0.29) is 5.91 Å². The second-order valence-corrected chi connectivity index (χ2v) is 5.31. The van der Waals surface area contributed by atoms with Gasteiger partial charge in [0.05, 0.1) is 17.6 Å². The lowest BCUT2D eigenvalue weighted by molar-refractivity contribution is 0.0955. The average molecular weight is 294 g/mol. The molecule has 0 saturated heterocycles. The summed E-state index contributed by atoms with van der Waals surface area (Å²) in [5.41, 5.74) is 0.508. The molecule has 0 atom stereocenters. The van der Waals surface area contributed by atoms with Crippen molar-refractivity contribution >= 4 is 29.9 Å². The highest BCUT2D eigenvalue weighted by atomic mass is 32.2. The van der Waals surface area contributed by atoms with E-state index < -0.39 is 0 Å². The highest BCUT2D eigenvalue weighted by Crippen LogP contribution is 2.11. The summed E-state index contributed by atoms with van der Waals surface area (Å²) in [6.07, 6.45) is 3.37. The topological polar surface area (TPSA) is 58.0 Å². The maximum atomic E-state index is 11.8. The summed E-state index contributed by atoms with van der Waals surface area (Å²) in [4.78, 5) is 14.7. The van der Waals surface area contributed by atoms with Gasteiger partial charge in [-0.25, -0.2) is 0 Å². The maximum Gasteiger partial charge on any atom is 0.254 e. The zero-order valence-electron chi connectivity index (χ0n) is 10.2. The molecule has 4 nitrogen and oxygen atoms in total. The van der Waals surface area contributed by atoms with E-state index in [0.717, 1.165) is 17.3 Å². The standard InChI is InChI=1S/C13H14N2O2S2/c16-12(11-4-1-5-15-13(11)18)14-6-8-19-9-10-3-2-7-17-10/h1-5,7H,6,8-9H2,(H,14,16)(H,15,18). The lowest BCUT2D eigenvalue weighted by atomic mass is 10.3. The molecule has 2 aromatic rings. The molecule has 0 aliphatic heterocycles. The van der Waals surface area contributed by atoms with E-state index in [9.17, 15) is 4.79 Å². The molecule has 0 aliphatic carbocycles. The fraction of sp³-hybridized carbons (Fsp3) is 0.231. The van der Waals surface area contributed by atoms with E-state index in [2.05, 4.69) is 10.3 Å². The van der Waals surface area contributed by atoms with Gasteiger partial charge in [0.15, 0.2) is 0 Å². The number of H-pyrrole nitrogens is 1. The Morgan fingerprint density at radius 2 is 2.32 bits per heavy atom. The van der Waals surface area contributed by atoms with Gasteiger partial charge in [-0.1, -0.05) is 12.2 Å². The summed E-state index contributed by atoms with van der Waals surface area (Å²) in [5.74, 6) is 2.45. The van der Waals surface area contributed by atoms with Crippen molar-refractivity contribution in [3.8, 4) is 0 Å². The largest absolute Gasteiger partial charge is 0.468 e. The molecule has 0 aromatic carbocycles. The van der Waals surface area contributed by atoms with Gasteiger partial charge in [0, 0.05) is 18.5 Å². The summed E-state index contributed by atoms with van der Waals surface area (Å²) in [6.45, 7) is 0.605. The number of thioether (sulfide) groups is 1. The van der Waals surface area contributed by atoms with Gasteiger partial charge in [0.25, 0.3) is 5.91 Å². The third kappa shape index (κ3) is 4.25. The summed E-state index contributed by atoms with van der Waals surface area (Å²) in [6, 6.07) is 7.28. The first-order chi connectivity index (χ1) is 9.27. The van der Waals surface area contributed by atoms with Crippen LogP contribution in [0.15, 0.2) is 41.1 Å². The first kappa shape index (κ1) is 13.9. The van der Waals surface area contributed by atoms with E-state index in [0.29, 0.717) is 16.7 Å². The minimum absolute atomic E-state index is 0.138. The van der Waals surface area contributed by atoms with Gasteiger partial charge in [0.1, 0.15) is 10.4 Å². The van der Waals surface area contributed by atoms with Crippen molar-refractivity contribution in [1.29, 1.82) is 0 Å². The van der Waals surface area contributed by atoms with Gasteiger partial charge >= 0.3 is 0 Å². The molecule has 0 fully saturated rings. The third-order valence-corrected chi connectivity index (χ3v) is 3.74. The molecule has 2 N–H and O–H groups in total. The van der Waals surface area contributed by atoms with Gasteiger partial charge in [-0.2, -0.15) is 11.8 Å². The minimum atomic E-state index is -0.138. The van der Waals surface area contributed by atoms with Crippen LogP contribution in [-0.4, -0.2) is 23.2 Å². The zero-order chi connectivity index (χ0) is 13.5. The molecule has 1 amide bonds. The average Bonchev–Trinajstić information content (AvgIpc) is 2.92. The van der Waals surface area contributed by atoms with E-state index in [1.165, 1.54) is 0 Å². The van der Waals surface area contributed by atoms with Crippen LogP contribution in [0.2, 0.25) is 0 Å². The monoisotopic (exact) mass is 294 g/mol. The number of hydrogen-bond acceptors (Lipinski definition) is 4. The van der Waals surface area contributed by atoms with Crippen LogP contribution < -0.4 is 5.32 Å². The molecule has 0 radical (unpaired) electrons. The van der Waals surface area contributed by atoms with Crippen LogP contribution in [0.4, 0.5) is 0 Å². The molecule has 0 bridgehead atoms. The molecule has 100 valence electrons. The highest BCUT2D eigenvalue weighted by Gasteiger charge is 2.06. The molecular formula is C13H14N2O2S2. The Morgan fingerprint density at radius 3 is 3.05 bits per heavy atom. The van der Waals surface area contributed by atoms with Crippen LogP contribution in [0.3, 0.4) is 0 Å². The maximum absolute atomic E-state index is 11.8. The van der Waals surface area contributed by atoms with E-state index in [1.54, 1.807) is 36.4 Å². The summed E-state index contributed by atoms with van der Waals surface area (Å²) < 4.78 is 5.68. The summed E-state index contributed by atoms with van der Waals surface area (Å²) >= 11 is 6.76. The van der Waals surface area contributed by atoms with E-state index >= 15 is 0 Å². The number of furan rings is 1. The molecule has 6 heteroatoms. The number of nitrogens with one attached hydrogen (secondary N) is 2. The van der Waals surface area contributed by atoms with Gasteiger partial charge < -0.3 is 14.7 Å². The number of hydrogen-bond donors (Lipinski definition) is 2. The van der Waals surface area contributed by atoms with Crippen molar-refractivity contribution < 1.29 is 9.21 Å². The number of carbonyl (C=O) groups excluding carboxylic acids is 1. The number of aromatic nitrogens is 1. The Labute approximate surface area is 120 Å². The molecule has 2 aromatic heterocycles. The predicted octanol–water partition coefficient (Wildman–Crippen LogP) is 3.00. The van der Waals surface area contributed by atoms with E-state index in [1.807, 2.05) is 12.1 Å². The number of amides is 1. The van der Waals surface area contributed by atoms with E-state index in [4.69, 9.17) is 16.6 Å². The van der Waals surface area contributed by atoms with Crippen molar-refractivity contribution in [2.75, 3.05) is 12.3 Å². The molecular weight excluding hydrogens is 280 g/mol. The fourth-order valence-corrected chi connectivity index (χ4v) is 2.48. The Kier molecular flexibility index (Phi) is 5.23. The summed E-state index contributed by atoms with van der Waals surface area (Å²) in [7, 11) is 0. The van der Waals surface area contributed by atoms with Crippen molar-refractivity contribution in [2.45, 2.75) is 5.75 Å². The molecule has 0 saturated carbocycles. The molecule has 0 unspecified atom stereocenters.